The number of amides is 1. The highest BCUT2D eigenvalue weighted by Crippen LogP contribution is 2.30. The van der Waals surface area contributed by atoms with Gasteiger partial charge < -0.3 is 14.7 Å². The number of aliphatic carboxylic acids is 1. The summed E-state index contributed by atoms with van der Waals surface area (Å²) >= 11 is 5.70. The predicted octanol–water partition coefficient (Wildman–Crippen LogP) is 2.09. The lowest BCUT2D eigenvalue weighted by atomic mass is 10.2. The number of ether oxygens (including phenoxy) is 1. The van der Waals surface area contributed by atoms with E-state index < -0.39 is 16.9 Å². The molecule has 1 fully saturated rings. The minimum Gasteiger partial charge on any atom is -0.486 e. The van der Waals surface area contributed by atoms with Crippen LogP contribution in [0, 0.1) is 10.1 Å². The molecule has 0 spiro atoms. The number of hydrogen-bond donors (Lipinski definition) is 1. The summed E-state index contributed by atoms with van der Waals surface area (Å²) in [7, 11) is 0. The summed E-state index contributed by atoms with van der Waals surface area (Å²) in [5.74, 6) is -1.35. The van der Waals surface area contributed by atoms with Crippen LogP contribution in [0.25, 0.3) is 0 Å². The van der Waals surface area contributed by atoms with Gasteiger partial charge in [0.2, 0.25) is 5.91 Å². The van der Waals surface area contributed by atoms with Gasteiger partial charge in [-0.2, -0.15) is 0 Å². The van der Waals surface area contributed by atoms with E-state index in [-0.39, 0.29) is 35.4 Å². The number of hydrogen-bond acceptors (Lipinski definition) is 5. The van der Waals surface area contributed by atoms with Crippen molar-refractivity contribution in [1.82, 2.24) is 4.90 Å². The number of carboxylic acid groups (broad SMARTS) is 1. The third-order valence-electron chi connectivity index (χ3n) is 3.55. The quantitative estimate of drug-likeness (QED) is 0.626. The highest BCUT2D eigenvalue weighted by molar-refractivity contribution is 6.30. The number of nitrogens with zero attached hydrogens (tertiary/aromatic N) is 2. The van der Waals surface area contributed by atoms with E-state index in [4.69, 9.17) is 21.4 Å². The second-order valence-electron chi connectivity index (χ2n) is 5.05. The lowest BCUT2D eigenvalue weighted by molar-refractivity contribution is -0.385. The van der Waals surface area contributed by atoms with Crippen LogP contribution < -0.4 is 4.74 Å². The molecule has 0 radical (unpaired) electrons. The fraction of sp³-hybridized carbons (Fsp3) is 0.429. The van der Waals surface area contributed by atoms with Gasteiger partial charge in [0.15, 0.2) is 5.75 Å². The van der Waals surface area contributed by atoms with Crippen LogP contribution in [0.5, 0.6) is 5.75 Å². The fourth-order valence-electron chi connectivity index (χ4n) is 2.47. The van der Waals surface area contributed by atoms with Gasteiger partial charge in [0, 0.05) is 17.6 Å². The first-order chi connectivity index (χ1) is 10.9. The molecule has 0 bridgehead atoms. The van der Waals surface area contributed by atoms with Crippen molar-refractivity contribution in [2.45, 2.75) is 25.3 Å². The van der Waals surface area contributed by atoms with E-state index in [0.717, 1.165) is 0 Å². The third kappa shape index (κ3) is 4.10. The maximum atomic E-state index is 12.1. The predicted molar refractivity (Wildman–Crippen MR) is 80.6 cm³/mol. The zero-order valence-corrected chi connectivity index (χ0v) is 12.9. The summed E-state index contributed by atoms with van der Waals surface area (Å²) in [4.78, 5) is 34.7. The minimum absolute atomic E-state index is 0.0170. The maximum Gasteiger partial charge on any atom is 0.326 e. The number of nitro benzene ring substituents is 1. The van der Waals surface area contributed by atoms with Crippen LogP contribution in [0.3, 0.4) is 0 Å². The van der Waals surface area contributed by atoms with Gasteiger partial charge in [-0.3, -0.25) is 14.9 Å². The third-order valence-corrected chi connectivity index (χ3v) is 3.78. The summed E-state index contributed by atoms with van der Waals surface area (Å²) in [6, 6.07) is 3.18. The van der Waals surface area contributed by atoms with E-state index in [0.29, 0.717) is 19.4 Å². The first-order valence-corrected chi connectivity index (χ1v) is 7.37. The Bertz CT molecular complexity index is 636. The molecule has 124 valence electrons. The normalized spacial score (nSPS) is 17.1. The minimum atomic E-state index is -1.02. The van der Waals surface area contributed by atoms with Crippen molar-refractivity contribution in [1.29, 1.82) is 0 Å². The Hall–Kier alpha value is -2.35. The molecule has 0 aromatic heterocycles. The molecule has 1 aromatic rings. The molecule has 23 heavy (non-hydrogen) atoms. The number of carbonyl (C=O) groups is 2. The average molecular weight is 343 g/mol. The summed E-state index contributed by atoms with van der Waals surface area (Å²) in [5.41, 5.74) is -0.283. The Labute approximate surface area is 136 Å². The van der Waals surface area contributed by atoms with Gasteiger partial charge in [-0.1, -0.05) is 11.6 Å². The van der Waals surface area contributed by atoms with Gasteiger partial charge in [-0.05, 0) is 25.0 Å². The molecular formula is C14H15ClN2O6. The number of nitro groups is 1. The summed E-state index contributed by atoms with van der Waals surface area (Å²) in [5, 5.41) is 20.2. The summed E-state index contributed by atoms with van der Waals surface area (Å²) in [6.45, 7) is 0.320. The lowest BCUT2D eigenvalue weighted by Crippen LogP contribution is -2.40. The Morgan fingerprint density at radius 1 is 1.48 bits per heavy atom. The Morgan fingerprint density at radius 3 is 2.87 bits per heavy atom. The Kier molecular flexibility index (Phi) is 5.38. The molecule has 0 aliphatic carbocycles. The molecule has 1 aromatic carbocycles. The molecule has 2 rings (SSSR count). The lowest BCUT2D eigenvalue weighted by Gasteiger charge is -2.21. The van der Waals surface area contributed by atoms with Crippen molar-refractivity contribution in [3.8, 4) is 5.75 Å². The summed E-state index contributed by atoms with van der Waals surface area (Å²) < 4.78 is 5.28. The van der Waals surface area contributed by atoms with Crippen molar-refractivity contribution in [3.05, 3.63) is 33.3 Å². The van der Waals surface area contributed by atoms with Gasteiger partial charge in [0.05, 0.1) is 18.0 Å². The van der Waals surface area contributed by atoms with Gasteiger partial charge in [-0.25, -0.2) is 4.79 Å². The van der Waals surface area contributed by atoms with Crippen LogP contribution in [-0.2, 0) is 9.59 Å². The molecule has 1 aliphatic rings. The Morgan fingerprint density at radius 2 is 2.22 bits per heavy atom. The first kappa shape index (κ1) is 17.0. The number of halogens is 1. The molecule has 1 heterocycles. The molecule has 9 heteroatoms. The van der Waals surface area contributed by atoms with Crippen LogP contribution in [-0.4, -0.2) is 46.0 Å². The van der Waals surface area contributed by atoms with Crippen molar-refractivity contribution < 1.29 is 24.4 Å². The van der Waals surface area contributed by atoms with Crippen molar-refractivity contribution in [3.63, 3.8) is 0 Å². The van der Waals surface area contributed by atoms with Gasteiger partial charge in [-0.15, -0.1) is 0 Å². The number of benzene rings is 1. The molecule has 0 unspecified atom stereocenters. The van der Waals surface area contributed by atoms with E-state index in [2.05, 4.69) is 0 Å². The van der Waals surface area contributed by atoms with Gasteiger partial charge >= 0.3 is 11.7 Å². The number of carboxylic acids is 1. The number of rotatable bonds is 6. The highest BCUT2D eigenvalue weighted by atomic mass is 35.5. The van der Waals surface area contributed by atoms with Crippen LogP contribution in [0.2, 0.25) is 5.02 Å². The topological polar surface area (TPSA) is 110 Å². The second-order valence-corrected chi connectivity index (χ2v) is 5.49. The first-order valence-electron chi connectivity index (χ1n) is 6.99. The largest absolute Gasteiger partial charge is 0.486 e. The van der Waals surface area contributed by atoms with E-state index in [1.54, 1.807) is 0 Å². The van der Waals surface area contributed by atoms with Gasteiger partial charge in [0.25, 0.3) is 0 Å². The smallest absolute Gasteiger partial charge is 0.326 e. The molecule has 8 nitrogen and oxygen atoms in total. The van der Waals surface area contributed by atoms with Gasteiger partial charge in [0.1, 0.15) is 6.04 Å². The van der Waals surface area contributed by atoms with Crippen LogP contribution in [0.15, 0.2) is 18.2 Å². The van der Waals surface area contributed by atoms with Crippen molar-refractivity contribution in [2.75, 3.05) is 13.2 Å². The van der Waals surface area contributed by atoms with Crippen LogP contribution in [0.4, 0.5) is 5.69 Å². The summed E-state index contributed by atoms with van der Waals surface area (Å²) in [6.07, 6.45) is 1.03. The standard InChI is InChI=1S/C14H15ClN2O6/c15-9-3-4-12(11(8-9)17(21)22)23-7-5-13(18)16-6-1-2-10(16)14(19)20/h3-4,8,10H,1-2,5-7H2,(H,19,20)/t10-/m1/s1. The van der Waals surface area contributed by atoms with E-state index in [9.17, 15) is 19.7 Å². The molecule has 1 saturated heterocycles. The average Bonchev–Trinajstić information content (AvgIpc) is 2.98. The number of carbonyl (C=O) groups excluding carboxylic acids is 1. The van der Waals surface area contributed by atoms with Crippen molar-refractivity contribution >= 4 is 29.2 Å². The molecule has 1 amide bonds. The Balaban J connectivity index is 1.94. The molecule has 0 saturated carbocycles. The van der Waals surface area contributed by atoms with Crippen molar-refractivity contribution in [2.24, 2.45) is 0 Å². The SMILES string of the molecule is O=C(O)[C@H]1CCCN1C(=O)CCOc1ccc(Cl)cc1[N+](=O)[O-]. The van der Waals surface area contributed by atoms with Crippen LogP contribution in [0.1, 0.15) is 19.3 Å². The molecule has 1 N–H and O–H groups in total. The number of likely N-dealkylation sites (tertiary alicyclic amines) is 1. The van der Waals surface area contributed by atoms with Crippen LogP contribution >= 0.6 is 11.6 Å². The molecule has 1 atom stereocenters. The van der Waals surface area contributed by atoms with E-state index in [1.165, 1.54) is 23.1 Å². The monoisotopic (exact) mass is 342 g/mol. The zero-order valence-electron chi connectivity index (χ0n) is 12.1. The molecular weight excluding hydrogens is 328 g/mol. The zero-order chi connectivity index (χ0) is 17.0. The second kappa shape index (κ2) is 7.28. The van der Waals surface area contributed by atoms with E-state index in [1.807, 2.05) is 0 Å². The van der Waals surface area contributed by atoms with E-state index >= 15 is 0 Å². The maximum absolute atomic E-state index is 12.1. The highest BCUT2D eigenvalue weighted by Gasteiger charge is 2.33. The fourth-order valence-corrected chi connectivity index (χ4v) is 2.64. The molecule has 1 aliphatic heterocycles.